The van der Waals surface area contributed by atoms with Crippen molar-refractivity contribution < 1.29 is 4.79 Å². The first-order valence-corrected chi connectivity index (χ1v) is 6.59. The van der Waals surface area contributed by atoms with Gasteiger partial charge in [0.2, 0.25) is 5.91 Å². The average molecular weight is 255 g/mol. The molecule has 17 heavy (non-hydrogen) atoms. The maximum absolute atomic E-state index is 11.5. The highest BCUT2D eigenvalue weighted by Crippen LogP contribution is 2.38. The van der Waals surface area contributed by atoms with Crippen LogP contribution < -0.4 is 5.73 Å². The lowest BCUT2D eigenvalue weighted by atomic mass is 10.5. The predicted molar refractivity (Wildman–Crippen MR) is 65.6 cm³/mol. The summed E-state index contributed by atoms with van der Waals surface area (Å²) in [6, 6.07) is 0.487. The molecule has 0 bridgehead atoms. The van der Waals surface area contributed by atoms with Gasteiger partial charge in [-0.25, -0.2) is 0 Å². The molecular formula is C10H17N5OS. The van der Waals surface area contributed by atoms with Crippen molar-refractivity contribution in [1.29, 1.82) is 0 Å². The second-order valence-corrected chi connectivity index (χ2v) is 5.22. The van der Waals surface area contributed by atoms with E-state index in [4.69, 9.17) is 5.73 Å². The summed E-state index contributed by atoms with van der Waals surface area (Å²) in [5, 5.41) is 8.97. The molecule has 1 aromatic rings. The van der Waals surface area contributed by atoms with Gasteiger partial charge in [0.15, 0.2) is 5.16 Å². The van der Waals surface area contributed by atoms with E-state index in [-0.39, 0.29) is 5.91 Å². The molecule has 0 unspecified atom stereocenters. The van der Waals surface area contributed by atoms with E-state index >= 15 is 0 Å². The van der Waals surface area contributed by atoms with Gasteiger partial charge < -0.3 is 15.2 Å². The minimum atomic E-state index is 0.0784. The van der Waals surface area contributed by atoms with Gasteiger partial charge in [-0.1, -0.05) is 11.8 Å². The molecule has 94 valence electrons. The molecule has 0 saturated heterocycles. The van der Waals surface area contributed by atoms with Gasteiger partial charge in [0.1, 0.15) is 5.82 Å². The summed E-state index contributed by atoms with van der Waals surface area (Å²) in [7, 11) is 3.50. The third-order valence-corrected chi connectivity index (χ3v) is 3.58. The lowest BCUT2D eigenvalue weighted by Crippen LogP contribution is -2.23. The van der Waals surface area contributed by atoms with E-state index < -0.39 is 0 Å². The number of amides is 1. The van der Waals surface area contributed by atoms with Crippen LogP contribution in [0.2, 0.25) is 0 Å². The van der Waals surface area contributed by atoms with Crippen LogP contribution in [0.15, 0.2) is 5.16 Å². The Kier molecular flexibility index (Phi) is 3.68. The Balaban J connectivity index is 2.05. The molecule has 1 aliphatic rings. The minimum Gasteiger partial charge on any atom is -0.348 e. The molecule has 2 rings (SSSR count). The van der Waals surface area contributed by atoms with E-state index in [1.165, 1.54) is 11.8 Å². The first-order valence-electron chi connectivity index (χ1n) is 5.60. The van der Waals surface area contributed by atoms with Crippen LogP contribution in [0.1, 0.15) is 24.7 Å². The van der Waals surface area contributed by atoms with Gasteiger partial charge in [0, 0.05) is 20.1 Å². The minimum absolute atomic E-state index is 0.0784. The lowest BCUT2D eigenvalue weighted by Gasteiger charge is -2.10. The number of thioether (sulfide) groups is 1. The monoisotopic (exact) mass is 255 g/mol. The van der Waals surface area contributed by atoms with Gasteiger partial charge in [-0.15, -0.1) is 10.2 Å². The molecule has 7 heteroatoms. The molecule has 1 fully saturated rings. The first-order chi connectivity index (χ1) is 8.13. The molecule has 1 saturated carbocycles. The normalized spacial score (nSPS) is 15.0. The molecule has 0 aliphatic heterocycles. The maximum atomic E-state index is 11.5. The van der Waals surface area contributed by atoms with E-state index in [0.717, 1.165) is 23.8 Å². The molecule has 1 heterocycles. The van der Waals surface area contributed by atoms with Crippen molar-refractivity contribution in [3.63, 3.8) is 0 Å². The Morgan fingerprint density at radius 3 is 2.76 bits per heavy atom. The number of hydrogen-bond acceptors (Lipinski definition) is 5. The molecule has 2 N–H and O–H groups in total. The lowest BCUT2D eigenvalue weighted by molar-refractivity contribution is -0.125. The number of aromatic nitrogens is 3. The Morgan fingerprint density at radius 1 is 1.53 bits per heavy atom. The molecular weight excluding hydrogens is 238 g/mol. The Hall–Kier alpha value is -1.08. The summed E-state index contributed by atoms with van der Waals surface area (Å²) >= 11 is 1.43. The fourth-order valence-corrected chi connectivity index (χ4v) is 2.50. The van der Waals surface area contributed by atoms with Crippen LogP contribution in [0.4, 0.5) is 0 Å². The van der Waals surface area contributed by atoms with Crippen molar-refractivity contribution in [3.05, 3.63) is 5.82 Å². The predicted octanol–water partition coefficient (Wildman–Crippen LogP) is 0.252. The highest BCUT2D eigenvalue weighted by atomic mass is 32.2. The van der Waals surface area contributed by atoms with Crippen molar-refractivity contribution >= 4 is 17.7 Å². The number of nitrogens with two attached hydrogens (primary N) is 1. The molecule has 0 aromatic carbocycles. The zero-order chi connectivity index (χ0) is 12.4. The van der Waals surface area contributed by atoms with Gasteiger partial charge in [0.05, 0.1) is 12.3 Å². The third-order valence-electron chi connectivity index (χ3n) is 2.65. The Labute approximate surface area is 105 Å². The molecule has 0 atom stereocenters. The van der Waals surface area contributed by atoms with Crippen LogP contribution in [-0.2, 0) is 11.3 Å². The molecule has 1 aromatic heterocycles. The van der Waals surface area contributed by atoms with Crippen LogP contribution in [-0.4, -0.2) is 45.4 Å². The van der Waals surface area contributed by atoms with Crippen LogP contribution in [0.3, 0.4) is 0 Å². The number of nitrogens with zero attached hydrogens (tertiary/aromatic N) is 4. The summed E-state index contributed by atoms with van der Waals surface area (Å²) in [6.07, 6.45) is 2.31. The highest BCUT2D eigenvalue weighted by Gasteiger charge is 2.29. The second-order valence-electron chi connectivity index (χ2n) is 4.28. The summed E-state index contributed by atoms with van der Waals surface area (Å²) in [6.45, 7) is 0.395. The summed E-state index contributed by atoms with van der Waals surface area (Å²) in [5.74, 6) is 1.28. The number of rotatable bonds is 5. The van der Waals surface area contributed by atoms with Gasteiger partial charge >= 0.3 is 0 Å². The average Bonchev–Trinajstić information content (AvgIpc) is 3.06. The molecule has 0 spiro atoms. The smallest absolute Gasteiger partial charge is 0.232 e. The Bertz CT molecular complexity index is 413. The van der Waals surface area contributed by atoms with Crippen molar-refractivity contribution in [2.45, 2.75) is 30.6 Å². The topological polar surface area (TPSA) is 77.0 Å². The quantitative estimate of drug-likeness (QED) is 0.763. The van der Waals surface area contributed by atoms with Crippen molar-refractivity contribution in [3.8, 4) is 0 Å². The van der Waals surface area contributed by atoms with Crippen LogP contribution >= 0.6 is 11.8 Å². The van der Waals surface area contributed by atoms with Crippen molar-refractivity contribution in [1.82, 2.24) is 19.7 Å². The molecule has 1 aliphatic carbocycles. The maximum Gasteiger partial charge on any atom is 0.232 e. The SMILES string of the molecule is CN(C)C(=O)CSc1nnc(CN)n1C1CC1. The van der Waals surface area contributed by atoms with Gasteiger partial charge in [-0.3, -0.25) is 4.79 Å². The summed E-state index contributed by atoms with van der Waals surface area (Å²) in [5.41, 5.74) is 5.63. The molecule has 6 nitrogen and oxygen atoms in total. The van der Waals surface area contributed by atoms with Crippen LogP contribution in [0.25, 0.3) is 0 Å². The van der Waals surface area contributed by atoms with Gasteiger partial charge in [-0.2, -0.15) is 0 Å². The van der Waals surface area contributed by atoms with E-state index in [0.29, 0.717) is 18.3 Å². The van der Waals surface area contributed by atoms with E-state index in [1.807, 2.05) is 0 Å². The van der Waals surface area contributed by atoms with Gasteiger partial charge in [-0.05, 0) is 12.8 Å². The Morgan fingerprint density at radius 2 is 2.24 bits per heavy atom. The fraction of sp³-hybridized carbons (Fsp3) is 0.700. The van der Waals surface area contributed by atoms with E-state index in [9.17, 15) is 4.79 Å². The van der Waals surface area contributed by atoms with Crippen LogP contribution in [0, 0.1) is 0 Å². The van der Waals surface area contributed by atoms with Crippen LogP contribution in [0.5, 0.6) is 0 Å². The first kappa shape index (κ1) is 12.4. The molecule has 1 amide bonds. The number of hydrogen-bond donors (Lipinski definition) is 1. The standard InChI is InChI=1S/C10H17N5OS/c1-14(2)9(16)6-17-10-13-12-8(5-11)15(10)7-3-4-7/h7H,3-6,11H2,1-2H3. The third kappa shape index (κ3) is 2.78. The summed E-state index contributed by atoms with van der Waals surface area (Å²) < 4.78 is 2.08. The largest absolute Gasteiger partial charge is 0.348 e. The van der Waals surface area contributed by atoms with Gasteiger partial charge in [0.25, 0.3) is 0 Å². The number of carbonyl (C=O) groups is 1. The number of carbonyl (C=O) groups excluding carboxylic acids is 1. The zero-order valence-electron chi connectivity index (χ0n) is 10.1. The van der Waals surface area contributed by atoms with E-state index in [1.54, 1.807) is 19.0 Å². The highest BCUT2D eigenvalue weighted by molar-refractivity contribution is 7.99. The van der Waals surface area contributed by atoms with Crippen molar-refractivity contribution in [2.75, 3.05) is 19.8 Å². The van der Waals surface area contributed by atoms with Crippen molar-refractivity contribution in [2.24, 2.45) is 5.73 Å². The summed E-state index contributed by atoms with van der Waals surface area (Å²) in [4.78, 5) is 13.1. The second kappa shape index (κ2) is 5.05. The van der Waals surface area contributed by atoms with E-state index in [2.05, 4.69) is 14.8 Å². The fourth-order valence-electron chi connectivity index (χ4n) is 1.50. The zero-order valence-corrected chi connectivity index (χ0v) is 10.9. The molecule has 0 radical (unpaired) electrons.